The number of nitrogens with zero attached hydrogens (tertiary/aromatic N) is 1. The van der Waals surface area contributed by atoms with E-state index >= 15 is 0 Å². The third-order valence-electron chi connectivity index (χ3n) is 2.43. The molecule has 1 aromatic heterocycles. The predicted octanol–water partition coefficient (Wildman–Crippen LogP) is -1.44. The zero-order valence-corrected chi connectivity index (χ0v) is 10.4. The molecule has 0 spiro atoms. The first kappa shape index (κ1) is 11.2. The monoisotopic (exact) mass is 300 g/mol. The molecule has 2 nitrogen and oxygen atoms in total. The van der Waals surface area contributed by atoms with E-state index in [1.54, 1.807) is 0 Å². The van der Waals surface area contributed by atoms with E-state index in [2.05, 4.69) is 22.8 Å². The fourth-order valence-corrected chi connectivity index (χ4v) is 1.57. The number of fused-ring (bicyclic) bond motifs is 1. The van der Waals surface area contributed by atoms with E-state index in [1.165, 1.54) is 5.52 Å². The van der Waals surface area contributed by atoms with Gasteiger partial charge in [0.05, 0.1) is 5.39 Å². The van der Waals surface area contributed by atoms with Crippen molar-refractivity contribution < 1.29 is 28.5 Å². The van der Waals surface area contributed by atoms with Crippen LogP contribution >= 0.6 is 0 Å². The van der Waals surface area contributed by atoms with Crippen LogP contribution in [0.3, 0.4) is 0 Å². The third-order valence-corrected chi connectivity index (χ3v) is 2.43. The fraction of sp³-hybridized carbons (Fsp3) is 0.182. The number of aryl methyl sites for hydroxylation is 2. The highest BCUT2D eigenvalue weighted by Gasteiger charge is 2.07. The summed E-state index contributed by atoms with van der Waals surface area (Å²) >= 11 is 0. The molecular weight excluding hydrogens is 287 g/mol. The molecule has 0 radical (unpaired) electrons. The number of anilines is 1. The lowest BCUT2D eigenvalue weighted by Gasteiger charge is -2.02. The SMILES string of the molecule is Cc1ccc2c(ccc[n+]2C)c1N.[I-]. The molecule has 3 heteroatoms. The second-order valence-electron chi connectivity index (χ2n) is 3.35. The summed E-state index contributed by atoms with van der Waals surface area (Å²) in [5, 5.41) is 1.13. The average Bonchev–Trinajstić information content (AvgIpc) is 2.12. The summed E-state index contributed by atoms with van der Waals surface area (Å²) in [4.78, 5) is 0. The summed E-state index contributed by atoms with van der Waals surface area (Å²) in [5.41, 5.74) is 9.17. The number of benzene rings is 1. The van der Waals surface area contributed by atoms with Crippen LogP contribution < -0.4 is 34.3 Å². The highest BCUT2D eigenvalue weighted by molar-refractivity contribution is 5.89. The summed E-state index contributed by atoms with van der Waals surface area (Å²) in [7, 11) is 2.02. The molecule has 0 fully saturated rings. The van der Waals surface area contributed by atoms with Gasteiger partial charge in [0, 0.05) is 17.8 Å². The van der Waals surface area contributed by atoms with E-state index in [-0.39, 0.29) is 24.0 Å². The van der Waals surface area contributed by atoms with Gasteiger partial charge < -0.3 is 29.7 Å². The highest BCUT2D eigenvalue weighted by Crippen LogP contribution is 2.20. The molecular formula is C11H13IN2. The summed E-state index contributed by atoms with van der Waals surface area (Å²) in [6.45, 7) is 2.03. The Kier molecular flexibility index (Phi) is 3.31. The Balaban J connectivity index is 0.000000980. The molecule has 0 aliphatic carbocycles. The Morgan fingerprint density at radius 3 is 2.64 bits per heavy atom. The van der Waals surface area contributed by atoms with Crippen LogP contribution in [0, 0.1) is 6.92 Å². The van der Waals surface area contributed by atoms with Gasteiger partial charge in [0.25, 0.3) is 0 Å². The van der Waals surface area contributed by atoms with E-state index in [0.717, 1.165) is 16.6 Å². The van der Waals surface area contributed by atoms with E-state index in [1.807, 2.05) is 26.2 Å². The topological polar surface area (TPSA) is 29.9 Å². The standard InChI is InChI=1S/C11H12N2.HI/c1-8-5-6-10-9(11(8)12)4-3-7-13(10)2;/h3-7,12H,1-2H3;1H. The van der Waals surface area contributed by atoms with Crippen LogP contribution in [0.15, 0.2) is 30.5 Å². The first-order valence-corrected chi connectivity index (χ1v) is 4.33. The smallest absolute Gasteiger partial charge is 0.214 e. The zero-order valence-electron chi connectivity index (χ0n) is 8.29. The number of hydrogen-bond acceptors (Lipinski definition) is 1. The van der Waals surface area contributed by atoms with Crippen LogP contribution in [0.4, 0.5) is 5.69 Å². The number of nitrogens with two attached hydrogens (primary N) is 1. The Morgan fingerprint density at radius 2 is 1.93 bits per heavy atom. The second-order valence-corrected chi connectivity index (χ2v) is 3.35. The Morgan fingerprint density at radius 1 is 1.21 bits per heavy atom. The van der Waals surface area contributed by atoms with E-state index in [0.29, 0.717) is 0 Å². The van der Waals surface area contributed by atoms with Crippen molar-refractivity contribution in [2.24, 2.45) is 7.05 Å². The molecule has 0 unspecified atom stereocenters. The summed E-state index contributed by atoms with van der Waals surface area (Å²) in [6.07, 6.45) is 2.02. The second kappa shape index (κ2) is 4.13. The normalized spacial score (nSPS) is 9.86. The largest absolute Gasteiger partial charge is 1.00 e. The van der Waals surface area contributed by atoms with Crippen LogP contribution in [0.2, 0.25) is 0 Å². The van der Waals surface area contributed by atoms with Crippen molar-refractivity contribution in [3.8, 4) is 0 Å². The van der Waals surface area contributed by atoms with Crippen molar-refractivity contribution >= 4 is 16.6 Å². The van der Waals surface area contributed by atoms with Crippen molar-refractivity contribution in [2.45, 2.75) is 6.92 Å². The van der Waals surface area contributed by atoms with Crippen molar-refractivity contribution in [1.29, 1.82) is 0 Å². The Hall–Kier alpha value is -0.840. The minimum absolute atomic E-state index is 0. The van der Waals surface area contributed by atoms with Gasteiger partial charge in [-0.15, -0.1) is 0 Å². The molecule has 0 aliphatic heterocycles. The van der Waals surface area contributed by atoms with Gasteiger partial charge in [-0.3, -0.25) is 0 Å². The third kappa shape index (κ3) is 1.68. The molecule has 0 saturated carbocycles. The van der Waals surface area contributed by atoms with Crippen molar-refractivity contribution in [2.75, 3.05) is 5.73 Å². The number of hydrogen-bond donors (Lipinski definition) is 1. The van der Waals surface area contributed by atoms with E-state index in [4.69, 9.17) is 5.73 Å². The van der Waals surface area contributed by atoms with Gasteiger partial charge >= 0.3 is 0 Å². The van der Waals surface area contributed by atoms with E-state index in [9.17, 15) is 0 Å². The average molecular weight is 300 g/mol. The van der Waals surface area contributed by atoms with Gasteiger partial charge in [-0.25, -0.2) is 4.57 Å². The summed E-state index contributed by atoms with van der Waals surface area (Å²) < 4.78 is 2.07. The van der Waals surface area contributed by atoms with Gasteiger partial charge in [0.1, 0.15) is 7.05 Å². The Bertz CT molecular complexity index is 466. The molecule has 74 valence electrons. The van der Waals surface area contributed by atoms with Gasteiger partial charge in [0.15, 0.2) is 6.20 Å². The number of aromatic nitrogens is 1. The summed E-state index contributed by atoms with van der Waals surface area (Å²) in [5.74, 6) is 0. The van der Waals surface area contributed by atoms with Crippen molar-refractivity contribution in [3.63, 3.8) is 0 Å². The quantitative estimate of drug-likeness (QED) is 0.360. The molecule has 0 saturated heterocycles. The maximum absolute atomic E-state index is 5.97. The molecule has 0 aliphatic rings. The lowest BCUT2D eigenvalue weighted by Crippen LogP contribution is -3.00. The molecule has 1 aromatic carbocycles. The van der Waals surface area contributed by atoms with Crippen molar-refractivity contribution in [3.05, 3.63) is 36.0 Å². The molecule has 0 amide bonds. The molecule has 2 rings (SSSR count). The maximum atomic E-state index is 5.97. The summed E-state index contributed by atoms with van der Waals surface area (Å²) in [6, 6.07) is 8.22. The number of rotatable bonds is 0. The van der Waals surface area contributed by atoms with E-state index < -0.39 is 0 Å². The van der Waals surface area contributed by atoms with Crippen LogP contribution in [0.1, 0.15) is 5.56 Å². The minimum Gasteiger partial charge on any atom is -1.00 e. The predicted molar refractivity (Wildman–Crippen MR) is 54.3 cm³/mol. The first-order valence-electron chi connectivity index (χ1n) is 4.33. The van der Waals surface area contributed by atoms with Crippen LogP contribution in [0.25, 0.3) is 10.9 Å². The highest BCUT2D eigenvalue weighted by atomic mass is 127. The minimum atomic E-state index is 0. The van der Waals surface area contributed by atoms with Crippen LogP contribution in [-0.2, 0) is 7.05 Å². The molecule has 0 bridgehead atoms. The molecule has 14 heavy (non-hydrogen) atoms. The first-order chi connectivity index (χ1) is 6.20. The molecule has 0 atom stereocenters. The molecule has 2 aromatic rings. The van der Waals surface area contributed by atoms with Gasteiger partial charge in [0.2, 0.25) is 5.52 Å². The van der Waals surface area contributed by atoms with Crippen LogP contribution in [0.5, 0.6) is 0 Å². The molecule has 2 N–H and O–H groups in total. The number of pyridine rings is 1. The maximum Gasteiger partial charge on any atom is 0.214 e. The molecule has 1 heterocycles. The van der Waals surface area contributed by atoms with Gasteiger partial charge in [-0.2, -0.15) is 0 Å². The number of halogens is 1. The lowest BCUT2D eigenvalue weighted by atomic mass is 10.1. The van der Waals surface area contributed by atoms with Gasteiger partial charge in [-0.1, -0.05) is 6.07 Å². The number of nitrogen functional groups attached to an aromatic ring is 1. The van der Waals surface area contributed by atoms with Crippen LogP contribution in [-0.4, -0.2) is 0 Å². The lowest BCUT2D eigenvalue weighted by molar-refractivity contribution is -0.644. The zero-order chi connectivity index (χ0) is 9.42. The Labute approximate surface area is 101 Å². The fourth-order valence-electron chi connectivity index (χ4n) is 1.57. The van der Waals surface area contributed by atoms with Gasteiger partial charge in [-0.05, 0) is 18.6 Å². The van der Waals surface area contributed by atoms with Crippen molar-refractivity contribution in [1.82, 2.24) is 0 Å².